The van der Waals surface area contributed by atoms with Crippen LogP contribution in [0.5, 0.6) is 5.75 Å². The molecule has 1 aromatic heterocycles. The van der Waals surface area contributed by atoms with Crippen LogP contribution in [0.25, 0.3) is 0 Å². The van der Waals surface area contributed by atoms with Gasteiger partial charge in [0.05, 0.1) is 16.7 Å². The van der Waals surface area contributed by atoms with Gasteiger partial charge in [-0.25, -0.2) is 0 Å². The lowest BCUT2D eigenvalue weighted by Gasteiger charge is -2.21. The summed E-state index contributed by atoms with van der Waals surface area (Å²) in [6.07, 6.45) is 0.0380. The first kappa shape index (κ1) is 14.8. The molecular weight excluding hydrogens is 248 g/mol. The Hall–Kier alpha value is -1.23. The molecule has 1 aromatic rings. The number of hydrogen-bond acceptors (Lipinski definition) is 5. The standard InChI is InChI=1S/C13H22N2O2S/c1-6-15(7-2)13-11(17-8(3)4)10(14)12(18-13)9(5)16/h8H,6-7,14H2,1-5H3. The van der Waals surface area contributed by atoms with Gasteiger partial charge in [-0.1, -0.05) is 0 Å². The molecule has 0 aliphatic rings. The van der Waals surface area contributed by atoms with Gasteiger partial charge in [-0.15, -0.1) is 11.3 Å². The number of ketones is 1. The number of nitrogens with zero attached hydrogens (tertiary/aromatic N) is 1. The summed E-state index contributed by atoms with van der Waals surface area (Å²) < 4.78 is 5.78. The van der Waals surface area contributed by atoms with Gasteiger partial charge in [0.25, 0.3) is 0 Å². The number of rotatable bonds is 6. The minimum atomic E-state index is -0.00971. The molecule has 102 valence electrons. The largest absolute Gasteiger partial charge is 0.486 e. The van der Waals surface area contributed by atoms with Crippen molar-refractivity contribution < 1.29 is 9.53 Å². The number of carbonyl (C=O) groups excluding carboxylic acids is 1. The van der Waals surface area contributed by atoms with Gasteiger partial charge in [-0.3, -0.25) is 4.79 Å². The zero-order chi connectivity index (χ0) is 13.9. The normalized spacial score (nSPS) is 10.8. The number of Topliss-reactive ketones (excluding diaryl/α,β-unsaturated/α-hetero) is 1. The summed E-state index contributed by atoms with van der Waals surface area (Å²) in [6, 6.07) is 0. The Morgan fingerprint density at radius 3 is 2.33 bits per heavy atom. The second-order valence-electron chi connectivity index (χ2n) is 4.37. The number of carbonyl (C=O) groups is 1. The molecule has 4 nitrogen and oxygen atoms in total. The van der Waals surface area contributed by atoms with Crippen molar-refractivity contribution in [2.75, 3.05) is 23.7 Å². The number of anilines is 2. The number of hydrogen-bond donors (Lipinski definition) is 1. The molecule has 0 bridgehead atoms. The van der Waals surface area contributed by atoms with Crippen LogP contribution in [-0.2, 0) is 0 Å². The van der Waals surface area contributed by atoms with E-state index in [1.165, 1.54) is 18.3 Å². The molecule has 18 heavy (non-hydrogen) atoms. The highest BCUT2D eigenvalue weighted by molar-refractivity contribution is 7.19. The van der Waals surface area contributed by atoms with Gasteiger partial charge in [-0.05, 0) is 27.7 Å². The monoisotopic (exact) mass is 270 g/mol. The molecule has 0 atom stereocenters. The number of thiophene rings is 1. The van der Waals surface area contributed by atoms with Gasteiger partial charge in [0.1, 0.15) is 5.00 Å². The Bertz CT molecular complexity index is 423. The molecule has 0 fully saturated rings. The van der Waals surface area contributed by atoms with Crippen LogP contribution < -0.4 is 15.4 Å². The minimum absolute atomic E-state index is 0.00971. The summed E-state index contributed by atoms with van der Waals surface area (Å²) in [5.74, 6) is 0.647. The molecule has 0 amide bonds. The summed E-state index contributed by atoms with van der Waals surface area (Å²) in [5.41, 5.74) is 6.51. The fraction of sp³-hybridized carbons (Fsp3) is 0.615. The molecule has 0 saturated heterocycles. The third kappa shape index (κ3) is 2.96. The molecule has 0 saturated carbocycles. The Balaban J connectivity index is 3.29. The van der Waals surface area contributed by atoms with Crippen LogP contribution in [0.4, 0.5) is 10.7 Å². The second-order valence-corrected chi connectivity index (χ2v) is 5.37. The summed E-state index contributed by atoms with van der Waals surface area (Å²) in [4.78, 5) is 14.3. The lowest BCUT2D eigenvalue weighted by Crippen LogP contribution is -2.22. The number of ether oxygens (including phenoxy) is 1. The van der Waals surface area contributed by atoms with Crippen LogP contribution in [0, 0.1) is 0 Å². The Morgan fingerprint density at radius 1 is 1.39 bits per heavy atom. The van der Waals surface area contributed by atoms with Gasteiger partial charge < -0.3 is 15.4 Å². The van der Waals surface area contributed by atoms with Gasteiger partial charge in [0, 0.05) is 20.0 Å². The Morgan fingerprint density at radius 2 is 1.94 bits per heavy atom. The molecule has 5 heteroatoms. The topological polar surface area (TPSA) is 55.6 Å². The molecule has 2 N–H and O–H groups in total. The van der Waals surface area contributed by atoms with Crippen LogP contribution in [0.3, 0.4) is 0 Å². The van der Waals surface area contributed by atoms with Gasteiger partial charge in [0.15, 0.2) is 11.5 Å². The van der Waals surface area contributed by atoms with Crippen LogP contribution >= 0.6 is 11.3 Å². The zero-order valence-corrected chi connectivity index (χ0v) is 12.6. The number of nitrogen functional groups attached to an aromatic ring is 1. The third-order valence-electron chi connectivity index (χ3n) is 2.61. The van der Waals surface area contributed by atoms with E-state index in [0.717, 1.165) is 18.1 Å². The molecule has 1 heterocycles. The predicted octanol–water partition coefficient (Wildman–Crippen LogP) is 3.17. The van der Waals surface area contributed by atoms with E-state index in [-0.39, 0.29) is 11.9 Å². The summed E-state index contributed by atoms with van der Waals surface area (Å²) in [7, 11) is 0. The van der Waals surface area contributed by atoms with E-state index in [9.17, 15) is 4.79 Å². The van der Waals surface area contributed by atoms with Gasteiger partial charge in [-0.2, -0.15) is 0 Å². The average Bonchev–Trinajstić information content (AvgIpc) is 2.59. The first-order valence-corrected chi connectivity index (χ1v) is 7.08. The maximum Gasteiger partial charge on any atom is 0.177 e. The predicted molar refractivity (Wildman–Crippen MR) is 78.1 cm³/mol. The average molecular weight is 270 g/mol. The quantitative estimate of drug-likeness (QED) is 0.807. The summed E-state index contributed by atoms with van der Waals surface area (Å²) in [5, 5.41) is 0.955. The molecule has 1 rings (SSSR count). The first-order valence-electron chi connectivity index (χ1n) is 6.27. The molecule has 0 aromatic carbocycles. The van der Waals surface area contributed by atoms with Crippen LogP contribution in [0.2, 0.25) is 0 Å². The van der Waals surface area contributed by atoms with Crippen molar-refractivity contribution in [1.82, 2.24) is 0 Å². The van der Waals surface area contributed by atoms with Crippen molar-refractivity contribution in [3.63, 3.8) is 0 Å². The second kappa shape index (κ2) is 6.09. The number of nitrogens with two attached hydrogens (primary N) is 1. The van der Waals surface area contributed by atoms with Crippen molar-refractivity contribution in [1.29, 1.82) is 0 Å². The SMILES string of the molecule is CCN(CC)c1sc(C(C)=O)c(N)c1OC(C)C. The van der Waals surface area contributed by atoms with Crippen molar-refractivity contribution in [3.8, 4) is 5.75 Å². The maximum absolute atomic E-state index is 11.6. The van der Waals surface area contributed by atoms with E-state index in [1.54, 1.807) is 0 Å². The molecule has 0 unspecified atom stereocenters. The minimum Gasteiger partial charge on any atom is -0.486 e. The molecule has 0 aliphatic heterocycles. The molecule has 0 aliphatic carbocycles. The fourth-order valence-corrected chi connectivity index (χ4v) is 2.92. The van der Waals surface area contributed by atoms with E-state index in [2.05, 4.69) is 18.7 Å². The van der Waals surface area contributed by atoms with E-state index in [0.29, 0.717) is 16.3 Å². The molecule has 0 spiro atoms. The maximum atomic E-state index is 11.6. The zero-order valence-electron chi connectivity index (χ0n) is 11.7. The lowest BCUT2D eigenvalue weighted by atomic mass is 10.3. The Kier molecular flexibility index (Phi) is 5.02. The fourth-order valence-electron chi connectivity index (χ4n) is 1.75. The molecule has 0 radical (unpaired) electrons. The van der Waals surface area contributed by atoms with E-state index >= 15 is 0 Å². The molecular formula is C13H22N2O2S. The lowest BCUT2D eigenvalue weighted by molar-refractivity contribution is 0.102. The van der Waals surface area contributed by atoms with E-state index in [1.807, 2.05) is 13.8 Å². The highest BCUT2D eigenvalue weighted by atomic mass is 32.1. The van der Waals surface area contributed by atoms with Crippen molar-refractivity contribution in [3.05, 3.63) is 4.88 Å². The van der Waals surface area contributed by atoms with Crippen LogP contribution in [0.1, 0.15) is 44.3 Å². The van der Waals surface area contributed by atoms with E-state index in [4.69, 9.17) is 10.5 Å². The Labute approximate surface area is 113 Å². The van der Waals surface area contributed by atoms with Gasteiger partial charge >= 0.3 is 0 Å². The van der Waals surface area contributed by atoms with Crippen molar-refractivity contribution in [2.45, 2.75) is 40.7 Å². The van der Waals surface area contributed by atoms with Crippen LogP contribution in [-0.4, -0.2) is 25.0 Å². The highest BCUT2D eigenvalue weighted by Crippen LogP contribution is 2.45. The van der Waals surface area contributed by atoms with Crippen molar-refractivity contribution in [2.24, 2.45) is 0 Å². The summed E-state index contributed by atoms with van der Waals surface area (Å²) >= 11 is 1.42. The van der Waals surface area contributed by atoms with Crippen molar-refractivity contribution >= 4 is 27.8 Å². The summed E-state index contributed by atoms with van der Waals surface area (Å²) in [6.45, 7) is 11.3. The smallest absolute Gasteiger partial charge is 0.177 e. The van der Waals surface area contributed by atoms with Gasteiger partial charge in [0.2, 0.25) is 0 Å². The van der Waals surface area contributed by atoms with Crippen LogP contribution in [0.15, 0.2) is 0 Å². The third-order valence-corrected chi connectivity index (χ3v) is 3.95. The highest BCUT2D eigenvalue weighted by Gasteiger charge is 2.23. The first-order chi connectivity index (χ1) is 8.42. The van der Waals surface area contributed by atoms with E-state index < -0.39 is 0 Å².